The minimum absolute atomic E-state index is 0.00846. The Morgan fingerprint density at radius 1 is 1.05 bits per heavy atom. The van der Waals surface area contributed by atoms with Gasteiger partial charge < -0.3 is 24.8 Å². The number of hydrogen-bond donors (Lipinski definition) is 4. The Bertz CT molecular complexity index is 1660. The first kappa shape index (κ1) is 30.0. The van der Waals surface area contributed by atoms with Crippen LogP contribution in [0.3, 0.4) is 0 Å². The number of rotatable bonds is 12. The highest BCUT2D eigenvalue weighted by Crippen LogP contribution is 2.43. The first-order chi connectivity index (χ1) is 19.5. The van der Waals surface area contributed by atoms with E-state index >= 15 is 0 Å². The fraction of sp³-hybridized carbons (Fsp3) is 0.276. The number of benzene rings is 3. The van der Waals surface area contributed by atoms with Crippen molar-refractivity contribution < 1.29 is 42.7 Å². The molecule has 0 saturated heterocycles. The molecule has 0 bridgehead atoms. The van der Waals surface area contributed by atoms with Crippen molar-refractivity contribution in [2.75, 3.05) is 20.3 Å². The number of unbranched alkanes of at least 4 members (excludes halogenated alkanes) is 1. The number of phenols is 1. The monoisotopic (exact) mass is 583 g/mol. The average molecular weight is 584 g/mol. The molecule has 0 radical (unpaired) electrons. The summed E-state index contributed by atoms with van der Waals surface area (Å²) in [6, 6.07) is 13.0. The molecule has 1 aliphatic heterocycles. The van der Waals surface area contributed by atoms with Gasteiger partial charge in [0.05, 0.1) is 12.2 Å². The number of hydrogen-bond acceptors (Lipinski definition) is 8. The predicted molar refractivity (Wildman–Crippen MR) is 151 cm³/mol. The Morgan fingerprint density at radius 3 is 2.54 bits per heavy atom. The smallest absolute Gasteiger partial charge is 0.471 e. The Kier molecular flexibility index (Phi) is 9.25. The summed E-state index contributed by atoms with van der Waals surface area (Å²) >= 11 is 0. The van der Waals surface area contributed by atoms with Crippen LogP contribution < -0.4 is 10.7 Å². The molecule has 1 heterocycles. The number of nitrogens with one attached hydrogen (secondary N) is 1. The molecule has 41 heavy (non-hydrogen) atoms. The number of phosphoric ester groups is 1. The zero-order valence-corrected chi connectivity index (χ0v) is 23.4. The number of amides is 1. The van der Waals surface area contributed by atoms with Gasteiger partial charge in [0.2, 0.25) is 0 Å². The number of phenolic OH excluding ortho intramolecular Hbond substituents is 1. The van der Waals surface area contributed by atoms with E-state index in [-0.39, 0.29) is 46.2 Å². The summed E-state index contributed by atoms with van der Waals surface area (Å²) in [6.07, 6.45) is 2.07. The number of carboxylic acids is 1. The van der Waals surface area contributed by atoms with Gasteiger partial charge in [0.1, 0.15) is 17.1 Å². The zero-order valence-electron chi connectivity index (χ0n) is 22.5. The van der Waals surface area contributed by atoms with Gasteiger partial charge in [0, 0.05) is 47.9 Å². The van der Waals surface area contributed by atoms with Crippen molar-refractivity contribution in [1.29, 1.82) is 0 Å². The molecule has 2 unspecified atom stereocenters. The van der Waals surface area contributed by atoms with Gasteiger partial charge in [0.15, 0.2) is 5.43 Å². The molecule has 2 aromatic carbocycles. The van der Waals surface area contributed by atoms with Crippen LogP contribution in [0.2, 0.25) is 0 Å². The van der Waals surface area contributed by atoms with E-state index < -0.39 is 19.7 Å². The summed E-state index contributed by atoms with van der Waals surface area (Å²) < 4.78 is 26.5. The number of fused-ring (bicyclic) bond motifs is 2. The van der Waals surface area contributed by atoms with E-state index in [1.54, 1.807) is 18.2 Å². The summed E-state index contributed by atoms with van der Waals surface area (Å²) in [4.78, 5) is 46.5. The SMILES string of the molecule is COP(=O)(O)OCC(C)CCCCNC(=O)c1ccc(-c2c3ccc(=O)cc-3oc3cc(O)ccc23)c(C(=O)O)c1. The number of aromatic carboxylic acids is 1. The van der Waals surface area contributed by atoms with Crippen molar-refractivity contribution in [1.82, 2.24) is 5.32 Å². The number of carbonyl (C=O) groups is 2. The Hall–Kier alpha value is -4.02. The highest BCUT2D eigenvalue weighted by atomic mass is 31.2. The second kappa shape index (κ2) is 12.7. The van der Waals surface area contributed by atoms with E-state index in [4.69, 9.17) is 8.94 Å². The van der Waals surface area contributed by atoms with Gasteiger partial charge in [-0.1, -0.05) is 19.4 Å². The van der Waals surface area contributed by atoms with Crippen LogP contribution in [0.25, 0.3) is 33.4 Å². The third-order valence-electron chi connectivity index (χ3n) is 6.62. The molecule has 1 aliphatic carbocycles. The van der Waals surface area contributed by atoms with Crippen LogP contribution in [0.1, 0.15) is 46.9 Å². The zero-order chi connectivity index (χ0) is 29.7. The maximum atomic E-state index is 12.8. The highest BCUT2D eigenvalue weighted by Gasteiger charge is 2.23. The molecule has 12 heteroatoms. The van der Waals surface area contributed by atoms with Crippen LogP contribution in [-0.2, 0) is 13.6 Å². The highest BCUT2D eigenvalue weighted by molar-refractivity contribution is 7.47. The summed E-state index contributed by atoms with van der Waals surface area (Å²) in [7, 11) is -2.91. The molecular weight excluding hydrogens is 553 g/mol. The summed E-state index contributed by atoms with van der Waals surface area (Å²) in [5.41, 5.74) is 1.35. The van der Waals surface area contributed by atoms with Crippen LogP contribution in [-0.4, -0.2) is 47.2 Å². The van der Waals surface area contributed by atoms with Crippen molar-refractivity contribution in [2.24, 2.45) is 5.92 Å². The Labute approximate surface area is 235 Å². The molecule has 2 aliphatic rings. The fourth-order valence-corrected chi connectivity index (χ4v) is 5.06. The molecule has 0 aromatic heterocycles. The van der Waals surface area contributed by atoms with Crippen LogP contribution in [0.5, 0.6) is 5.75 Å². The van der Waals surface area contributed by atoms with Gasteiger partial charge >= 0.3 is 13.8 Å². The molecule has 0 fully saturated rings. The predicted octanol–water partition coefficient (Wildman–Crippen LogP) is 5.27. The van der Waals surface area contributed by atoms with Crippen molar-refractivity contribution in [2.45, 2.75) is 26.2 Å². The van der Waals surface area contributed by atoms with Crippen molar-refractivity contribution in [3.63, 3.8) is 0 Å². The fourth-order valence-electron chi connectivity index (χ4n) is 4.51. The minimum atomic E-state index is -4.01. The van der Waals surface area contributed by atoms with Crippen LogP contribution in [0.4, 0.5) is 0 Å². The number of carbonyl (C=O) groups excluding carboxylic acids is 1. The third-order valence-corrected chi connectivity index (χ3v) is 7.56. The molecule has 216 valence electrons. The van der Waals surface area contributed by atoms with Gasteiger partial charge in [-0.3, -0.25) is 18.6 Å². The van der Waals surface area contributed by atoms with E-state index in [1.807, 2.05) is 6.92 Å². The standard InChI is InChI=1S/C29H30NO10P/c1-17(16-39-41(36,37)38-2)5-3-4-12-30-28(33)18-6-9-21(24(13-18)29(34)35)27-22-10-7-19(31)14-25(22)40-26-15-20(32)8-11-23(26)27/h6-11,13-15,17,31H,3-5,12,16H2,1-2H3,(H,30,33)(H,34,35)(H,36,37). The number of carboxylic acid groups (broad SMARTS) is 1. The van der Waals surface area contributed by atoms with Crippen molar-refractivity contribution >= 4 is 30.7 Å². The molecular formula is C29H30NO10P. The molecule has 0 spiro atoms. The van der Waals surface area contributed by atoms with Gasteiger partial charge in [-0.25, -0.2) is 9.36 Å². The van der Waals surface area contributed by atoms with E-state index in [0.717, 1.165) is 13.5 Å². The average Bonchev–Trinajstić information content (AvgIpc) is 2.94. The largest absolute Gasteiger partial charge is 0.508 e. The summed E-state index contributed by atoms with van der Waals surface area (Å²) in [5.74, 6) is -1.49. The number of phosphoric acid groups is 1. The molecule has 11 nitrogen and oxygen atoms in total. The Balaban J connectivity index is 1.52. The third kappa shape index (κ3) is 7.20. The van der Waals surface area contributed by atoms with Crippen LogP contribution in [0, 0.1) is 5.92 Å². The molecule has 4 rings (SSSR count). The van der Waals surface area contributed by atoms with Gasteiger partial charge in [-0.2, -0.15) is 0 Å². The lowest BCUT2D eigenvalue weighted by molar-refractivity contribution is 0.0697. The van der Waals surface area contributed by atoms with E-state index in [9.17, 15) is 34.1 Å². The number of aromatic hydroxyl groups is 1. The lowest BCUT2D eigenvalue weighted by atomic mass is 9.90. The second-order valence-electron chi connectivity index (χ2n) is 9.68. The maximum Gasteiger partial charge on any atom is 0.471 e. The maximum absolute atomic E-state index is 12.8. The first-order valence-electron chi connectivity index (χ1n) is 12.9. The van der Waals surface area contributed by atoms with Gasteiger partial charge in [0.25, 0.3) is 5.91 Å². The lowest BCUT2D eigenvalue weighted by Gasteiger charge is -2.17. The quantitative estimate of drug-likeness (QED) is 0.0978. The lowest BCUT2D eigenvalue weighted by Crippen LogP contribution is -2.25. The Morgan fingerprint density at radius 2 is 1.80 bits per heavy atom. The second-order valence-corrected chi connectivity index (χ2v) is 11.2. The van der Waals surface area contributed by atoms with Gasteiger partial charge in [-0.15, -0.1) is 0 Å². The van der Waals surface area contributed by atoms with Crippen molar-refractivity contribution in [3.05, 3.63) is 75.9 Å². The van der Waals surface area contributed by atoms with Gasteiger partial charge in [-0.05, 0) is 60.7 Å². The minimum Gasteiger partial charge on any atom is -0.508 e. The summed E-state index contributed by atoms with van der Waals surface area (Å²) in [6.45, 7) is 2.29. The van der Waals surface area contributed by atoms with Crippen LogP contribution >= 0.6 is 7.82 Å². The molecule has 2 atom stereocenters. The summed E-state index contributed by atoms with van der Waals surface area (Å²) in [5, 5.41) is 23.4. The van der Waals surface area contributed by atoms with E-state index in [0.29, 0.717) is 41.5 Å². The molecule has 0 saturated carbocycles. The van der Waals surface area contributed by atoms with E-state index in [2.05, 4.69) is 9.84 Å². The van der Waals surface area contributed by atoms with Crippen LogP contribution in [0.15, 0.2) is 63.8 Å². The first-order valence-corrected chi connectivity index (χ1v) is 14.4. The van der Waals surface area contributed by atoms with E-state index in [1.165, 1.54) is 36.4 Å². The molecule has 1 amide bonds. The molecule has 2 aromatic rings. The molecule has 4 N–H and O–H groups in total. The normalized spacial score (nSPS) is 13.6. The van der Waals surface area contributed by atoms with Crippen molar-refractivity contribution in [3.8, 4) is 28.2 Å². The topological polar surface area (TPSA) is 173 Å².